The number of aromatic nitrogens is 1. The maximum atomic E-state index is 12.6. The highest BCUT2D eigenvalue weighted by atomic mass is 16.2. The molecule has 27 heavy (non-hydrogen) atoms. The van der Waals surface area contributed by atoms with Crippen molar-refractivity contribution < 1.29 is 9.59 Å². The number of pyridine rings is 1. The highest BCUT2D eigenvalue weighted by Gasteiger charge is 2.31. The SMILES string of the molecule is O=C(Nc1cc(N2C[C@@H](c3ccccc3)CC2=O)ccn1)C1CCCCC1. The second-order valence-corrected chi connectivity index (χ2v) is 7.54. The van der Waals surface area contributed by atoms with Gasteiger partial charge in [-0.3, -0.25) is 9.59 Å². The van der Waals surface area contributed by atoms with Gasteiger partial charge in [0.1, 0.15) is 5.82 Å². The summed E-state index contributed by atoms with van der Waals surface area (Å²) in [4.78, 5) is 31.1. The molecule has 1 aliphatic carbocycles. The lowest BCUT2D eigenvalue weighted by Crippen LogP contribution is -2.26. The van der Waals surface area contributed by atoms with Gasteiger partial charge in [-0.2, -0.15) is 0 Å². The average molecular weight is 363 g/mol. The molecule has 2 aromatic rings. The Morgan fingerprint density at radius 2 is 1.85 bits per heavy atom. The van der Waals surface area contributed by atoms with E-state index in [1.54, 1.807) is 11.1 Å². The summed E-state index contributed by atoms with van der Waals surface area (Å²) in [5.41, 5.74) is 1.99. The van der Waals surface area contributed by atoms with Gasteiger partial charge in [0.25, 0.3) is 0 Å². The van der Waals surface area contributed by atoms with Gasteiger partial charge in [-0.15, -0.1) is 0 Å². The topological polar surface area (TPSA) is 62.3 Å². The van der Waals surface area contributed by atoms with Crippen molar-refractivity contribution in [2.24, 2.45) is 5.92 Å². The first-order chi connectivity index (χ1) is 13.2. The van der Waals surface area contributed by atoms with E-state index in [4.69, 9.17) is 0 Å². The Labute approximate surface area is 159 Å². The summed E-state index contributed by atoms with van der Waals surface area (Å²) in [6.07, 6.45) is 7.54. The lowest BCUT2D eigenvalue weighted by Gasteiger charge is -2.21. The molecule has 1 saturated carbocycles. The van der Waals surface area contributed by atoms with Crippen molar-refractivity contribution in [1.82, 2.24) is 4.98 Å². The van der Waals surface area contributed by atoms with Crippen LogP contribution in [0.3, 0.4) is 0 Å². The Hall–Kier alpha value is -2.69. The van der Waals surface area contributed by atoms with Crippen LogP contribution in [0.15, 0.2) is 48.7 Å². The van der Waals surface area contributed by atoms with E-state index in [9.17, 15) is 9.59 Å². The molecule has 1 atom stereocenters. The molecule has 2 fully saturated rings. The van der Waals surface area contributed by atoms with E-state index in [2.05, 4.69) is 22.4 Å². The van der Waals surface area contributed by atoms with Gasteiger partial charge < -0.3 is 10.2 Å². The van der Waals surface area contributed by atoms with Crippen molar-refractivity contribution in [3.63, 3.8) is 0 Å². The Morgan fingerprint density at radius 1 is 1.07 bits per heavy atom. The van der Waals surface area contributed by atoms with Crippen LogP contribution < -0.4 is 10.2 Å². The molecule has 5 heteroatoms. The summed E-state index contributed by atoms with van der Waals surface area (Å²) >= 11 is 0. The number of hydrogen-bond donors (Lipinski definition) is 1. The predicted molar refractivity (Wildman–Crippen MR) is 106 cm³/mol. The Balaban J connectivity index is 1.46. The average Bonchev–Trinajstić information content (AvgIpc) is 3.11. The molecule has 2 heterocycles. The fourth-order valence-electron chi connectivity index (χ4n) is 4.15. The van der Waals surface area contributed by atoms with Gasteiger partial charge in [0.15, 0.2) is 0 Å². The van der Waals surface area contributed by atoms with E-state index >= 15 is 0 Å². The molecule has 0 unspecified atom stereocenters. The number of amides is 2. The minimum absolute atomic E-state index is 0.0502. The summed E-state index contributed by atoms with van der Waals surface area (Å²) in [6, 6.07) is 13.8. The number of carbonyl (C=O) groups is 2. The van der Waals surface area contributed by atoms with E-state index in [-0.39, 0.29) is 23.7 Å². The molecule has 2 amide bonds. The normalized spacial score (nSPS) is 20.7. The van der Waals surface area contributed by atoms with E-state index in [0.717, 1.165) is 31.4 Å². The summed E-state index contributed by atoms with van der Waals surface area (Å²) in [6.45, 7) is 0.656. The van der Waals surface area contributed by atoms with Crippen molar-refractivity contribution in [2.45, 2.75) is 44.4 Å². The predicted octanol–water partition coefficient (Wildman–Crippen LogP) is 4.12. The molecule has 1 aromatic carbocycles. The Kier molecular flexibility index (Phi) is 5.19. The molecule has 1 saturated heterocycles. The smallest absolute Gasteiger partial charge is 0.228 e. The van der Waals surface area contributed by atoms with Crippen LogP contribution in [0, 0.1) is 5.92 Å². The van der Waals surface area contributed by atoms with Crippen LogP contribution in [0.4, 0.5) is 11.5 Å². The van der Waals surface area contributed by atoms with Gasteiger partial charge in [-0.1, -0.05) is 49.6 Å². The molecule has 5 nitrogen and oxygen atoms in total. The largest absolute Gasteiger partial charge is 0.312 e. The van der Waals surface area contributed by atoms with Crippen molar-refractivity contribution in [3.05, 3.63) is 54.2 Å². The van der Waals surface area contributed by atoms with Crippen LogP contribution in [-0.2, 0) is 9.59 Å². The van der Waals surface area contributed by atoms with Crippen molar-refractivity contribution >= 4 is 23.3 Å². The zero-order valence-corrected chi connectivity index (χ0v) is 15.4. The monoisotopic (exact) mass is 363 g/mol. The Morgan fingerprint density at radius 3 is 2.63 bits per heavy atom. The van der Waals surface area contributed by atoms with E-state index < -0.39 is 0 Å². The number of hydrogen-bond acceptors (Lipinski definition) is 3. The van der Waals surface area contributed by atoms with Gasteiger partial charge in [-0.25, -0.2) is 4.98 Å². The van der Waals surface area contributed by atoms with Gasteiger partial charge >= 0.3 is 0 Å². The molecular formula is C22H25N3O2. The second-order valence-electron chi connectivity index (χ2n) is 7.54. The van der Waals surface area contributed by atoms with Crippen molar-refractivity contribution in [2.75, 3.05) is 16.8 Å². The molecule has 2 aliphatic rings. The van der Waals surface area contributed by atoms with Gasteiger partial charge in [0.05, 0.1) is 0 Å². The molecule has 140 valence electrons. The zero-order valence-electron chi connectivity index (χ0n) is 15.4. The van der Waals surface area contributed by atoms with Crippen LogP contribution in [0.5, 0.6) is 0 Å². The Bertz CT molecular complexity index is 815. The van der Waals surface area contributed by atoms with Gasteiger partial charge in [0, 0.05) is 42.8 Å². The van der Waals surface area contributed by atoms with E-state index in [1.165, 1.54) is 12.0 Å². The maximum Gasteiger partial charge on any atom is 0.228 e. The van der Waals surface area contributed by atoms with E-state index in [0.29, 0.717) is 18.8 Å². The molecule has 0 radical (unpaired) electrons. The summed E-state index contributed by atoms with van der Waals surface area (Å²) < 4.78 is 0. The van der Waals surface area contributed by atoms with Crippen molar-refractivity contribution in [3.8, 4) is 0 Å². The third-order valence-electron chi connectivity index (χ3n) is 5.68. The quantitative estimate of drug-likeness (QED) is 0.889. The third-order valence-corrected chi connectivity index (χ3v) is 5.68. The van der Waals surface area contributed by atoms with Gasteiger partial charge in [0.2, 0.25) is 11.8 Å². The second kappa shape index (κ2) is 7.91. The third kappa shape index (κ3) is 4.02. The summed E-state index contributed by atoms with van der Waals surface area (Å²) in [7, 11) is 0. The molecule has 4 rings (SSSR count). The van der Waals surface area contributed by atoms with Crippen molar-refractivity contribution in [1.29, 1.82) is 0 Å². The highest BCUT2D eigenvalue weighted by molar-refractivity contribution is 5.97. The number of anilines is 2. The lowest BCUT2D eigenvalue weighted by molar-refractivity contribution is -0.120. The first kappa shape index (κ1) is 17.7. The first-order valence-electron chi connectivity index (χ1n) is 9.83. The molecule has 0 bridgehead atoms. The number of rotatable bonds is 4. The van der Waals surface area contributed by atoms with Gasteiger partial charge in [-0.05, 0) is 24.5 Å². The minimum Gasteiger partial charge on any atom is -0.312 e. The number of carbonyl (C=O) groups excluding carboxylic acids is 2. The van der Waals surface area contributed by atoms with Crippen LogP contribution in [-0.4, -0.2) is 23.3 Å². The molecule has 1 aliphatic heterocycles. The molecule has 1 N–H and O–H groups in total. The number of nitrogens with zero attached hydrogens (tertiary/aromatic N) is 2. The molecular weight excluding hydrogens is 338 g/mol. The fourth-order valence-corrected chi connectivity index (χ4v) is 4.15. The lowest BCUT2D eigenvalue weighted by atomic mass is 9.89. The number of nitrogens with one attached hydrogen (secondary N) is 1. The van der Waals surface area contributed by atoms with Crippen LogP contribution in [0.25, 0.3) is 0 Å². The van der Waals surface area contributed by atoms with E-state index in [1.807, 2.05) is 30.3 Å². The highest BCUT2D eigenvalue weighted by Crippen LogP contribution is 2.32. The summed E-state index contributed by atoms with van der Waals surface area (Å²) in [5.74, 6) is 0.972. The van der Waals surface area contributed by atoms with Crippen LogP contribution in [0.1, 0.15) is 50.0 Å². The summed E-state index contributed by atoms with van der Waals surface area (Å²) in [5, 5.41) is 2.95. The number of benzene rings is 1. The van der Waals surface area contributed by atoms with Crippen LogP contribution in [0.2, 0.25) is 0 Å². The fraction of sp³-hybridized carbons (Fsp3) is 0.409. The molecule has 0 spiro atoms. The first-order valence-corrected chi connectivity index (χ1v) is 9.83. The van der Waals surface area contributed by atoms with Crippen LogP contribution >= 0.6 is 0 Å². The zero-order chi connectivity index (χ0) is 18.6. The molecule has 1 aromatic heterocycles. The standard InChI is InChI=1S/C22H25N3O2/c26-21-13-18(16-7-3-1-4-8-16)15-25(21)19-11-12-23-20(14-19)24-22(27)17-9-5-2-6-10-17/h1,3-4,7-8,11-12,14,17-18H,2,5-6,9-10,13,15H2,(H,23,24,27)/t18-/m0/s1. The maximum absolute atomic E-state index is 12.6. The minimum atomic E-state index is 0.0502.